The number of hydrogen-bond donors (Lipinski definition) is 3. The number of rotatable bonds is 3. The second-order valence-corrected chi connectivity index (χ2v) is 6.14. The van der Waals surface area contributed by atoms with Crippen molar-refractivity contribution in [3.8, 4) is 0 Å². The standard InChI is InChI=1S/C18H15F4N3O.CH2O2/c1-10-8-16(26)24-25-17(10)11-2-4-12(5-3-11)23-13-6-7-15(19)14(9-13)18(20,21)22;2-1-3/h2-7,9-10,23H,8H2,1H3,(H,24,26);1H,(H,2,3)/t10-;/m1./s1. The van der Waals surface area contributed by atoms with E-state index in [4.69, 9.17) is 9.90 Å². The summed E-state index contributed by atoms with van der Waals surface area (Å²) in [6.07, 6.45) is -4.42. The van der Waals surface area contributed by atoms with Gasteiger partial charge in [-0.3, -0.25) is 9.59 Å². The number of carboxylic acid groups (broad SMARTS) is 1. The molecule has 1 atom stereocenters. The van der Waals surface area contributed by atoms with Crippen molar-refractivity contribution in [3.63, 3.8) is 0 Å². The smallest absolute Gasteiger partial charge is 0.419 e. The molecule has 0 saturated carbocycles. The van der Waals surface area contributed by atoms with Crippen molar-refractivity contribution < 1.29 is 32.3 Å². The highest BCUT2D eigenvalue weighted by molar-refractivity contribution is 6.05. The van der Waals surface area contributed by atoms with Gasteiger partial charge in [0.1, 0.15) is 5.82 Å². The predicted molar refractivity (Wildman–Crippen MR) is 98.3 cm³/mol. The van der Waals surface area contributed by atoms with Gasteiger partial charge < -0.3 is 10.4 Å². The number of halogens is 4. The van der Waals surface area contributed by atoms with E-state index in [1.165, 1.54) is 6.07 Å². The fraction of sp³-hybridized carbons (Fsp3) is 0.211. The van der Waals surface area contributed by atoms with Gasteiger partial charge in [-0.1, -0.05) is 19.1 Å². The first-order valence-electron chi connectivity index (χ1n) is 8.34. The minimum absolute atomic E-state index is 0.0333. The number of amides is 1. The zero-order valence-electron chi connectivity index (χ0n) is 15.1. The molecule has 0 aromatic heterocycles. The molecule has 3 rings (SSSR count). The molecule has 0 aliphatic carbocycles. The molecule has 0 radical (unpaired) electrons. The molecule has 2 aromatic rings. The van der Waals surface area contributed by atoms with Crippen LogP contribution in [-0.2, 0) is 15.8 Å². The lowest BCUT2D eigenvalue weighted by Crippen LogP contribution is -2.31. The van der Waals surface area contributed by atoms with Crippen LogP contribution in [0, 0.1) is 11.7 Å². The summed E-state index contributed by atoms with van der Waals surface area (Å²) in [5, 5.41) is 13.8. The average Bonchev–Trinajstić information content (AvgIpc) is 2.64. The van der Waals surface area contributed by atoms with E-state index < -0.39 is 17.6 Å². The molecule has 0 bridgehead atoms. The Bertz CT molecular complexity index is 912. The van der Waals surface area contributed by atoms with Crippen molar-refractivity contribution in [2.24, 2.45) is 11.0 Å². The van der Waals surface area contributed by atoms with Crippen LogP contribution in [0.25, 0.3) is 0 Å². The number of nitrogens with zero attached hydrogens (tertiary/aromatic N) is 1. The van der Waals surface area contributed by atoms with Crippen LogP contribution >= 0.6 is 0 Å². The Morgan fingerprint density at radius 2 is 1.76 bits per heavy atom. The van der Waals surface area contributed by atoms with Gasteiger partial charge in [-0.25, -0.2) is 9.82 Å². The normalized spacial score (nSPS) is 16.1. The molecule has 1 aliphatic heterocycles. The second-order valence-electron chi connectivity index (χ2n) is 6.14. The summed E-state index contributed by atoms with van der Waals surface area (Å²) in [5.74, 6) is -1.49. The van der Waals surface area contributed by atoms with Crippen LogP contribution in [0.15, 0.2) is 47.6 Å². The number of carbonyl (C=O) groups is 2. The molecular formula is C19H17F4N3O3. The molecule has 3 N–H and O–H groups in total. The van der Waals surface area contributed by atoms with Gasteiger partial charge >= 0.3 is 6.18 Å². The molecule has 0 unspecified atom stereocenters. The lowest BCUT2D eigenvalue weighted by Gasteiger charge is -2.19. The third-order valence-electron chi connectivity index (χ3n) is 4.00. The quantitative estimate of drug-likeness (QED) is 0.523. The summed E-state index contributed by atoms with van der Waals surface area (Å²) in [7, 11) is 0. The van der Waals surface area contributed by atoms with Crippen LogP contribution in [0.1, 0.15) is 24.5 Å². The number of carbonyl (C=O) groups excluding carboxylic acids is 1. The number of alkyl halides is 3. The molecule has 10 heteroatoms. The Balaban J connectivity index is 0.000000941. The van der Waals surface area contributed by atoms with Crippen LogP contribution in [0.5, 0.6) is 0 Å². The van der Waals surface area contributed by atoms with E-state index in [2.05, 4.69) is 15.8 Å². The van der Waals surface area contributed by atoms with Crippen LogP contribution < -0.4 is 10.7 Å². The van der Waals surface area contributed by atoms with Gasteiger partial charge in [0.05, 0.1) is 11.3 Å². The molecule has 0 fully saturated rings. The highest BCUT2D eigenvalue weighted by atomic mass is 19.4. The van der Waals surface area contributed by atoms with Crippen molar-refractivity contribution >= 4 is 29.5 Å². The number of benzene rings is 2. The summed E-state index contributed by atoms with van der Waals surface area (Å²) in [6.45, 7) is 1.64. The van der Waals surface area contributed by atoms with E-state index in [0.29, 0.717) is 12.1 Å². The lowest BCUT2D eigenvalue weighted by atomic mass is 9.94. The first-order valence-corrected chi connectivity index (χ1v) is 8.34. The number of anilines is 2. The van der Waals surface area contributed by atoms with Crippen LogP contribution in [0.2, 0.25) is 0 Å². The first kappa shape index (κ1) is 21.9. The number of hydrogen-bond acceptors (Lipinski definition) is 4. The third kappa shape index (κ3) is 5.77. The fourth-order valence-electron chi connectivity index (χ4n) is 2.71. The van der Waals surface area contributed by atoms with Crippen molar-refractivity contribution in [2.45, 2.75) is 19.5 Å². The van der Waals surface area contributed by atoms with Gasteiger partial charge in [0.25, 0.3) is 6.47 Å². The van der Waals surface area contributed by atoms with Gasteiger partial charge in [-0.05, 0) is 35.9 Å². The Labute approximate surface area is 163 Å². The highest BCUT2D eigenvalue weighted by Crippen LogP contribution is 2.33. The van der Waals surface area contributed by atoms with E-state index in [9.17, 15) is 22.4 Å². The van der Waals surface area contributed by atoms with Crippen molar-refractivity contribution in [2.75, 3.05) is 5.32 Å². The predicted octanol–water partition coefficient (Wildman–Crippen LogP) is 4.15. The molecule has 1 aliphatic rings. The fourth-order valence-corrected chi connectivity index (χ4v) is 2.71. The Morgan fingerprint density at radius 3 is 2.31 bits per heavy atom. The van der Waals surface area contributed by atoms with Gasteiger partial charge in [-0.2, -0.15) is 18.3 Å². The van der Waals surface area contributed by atoms with E-state index in [0.717, 1.165) is 23.4 Å². The molecule has 29 heavy (non-hydrogen) atoms. The molecule has 0 saturated heterocycles. The lowest BCUT2D eigenvalue weighted by molar-refractivity contribution is -0.140. The highest BCUT2D eigenvalue weighted by Gasteiger charge is 2.34. The topological polar surface area (TPSA) is 90.8 Å². The molecule has 1 amide bonds. The zero-order chi connectivity index (χ0) is 21.6. The minimum Gasteiger partial charge on any atom is -0.483 e. The van der Waals surface area contributed by atoms with Gasteiger partial charge in [0.2, 0.25) is 5.91 Å². The van der Waals surface area contributed by atoms with E-state index in [-0.39, 0.29) is 24.0 Å². The maximum absolute atomic E-state index is 13.3. The largest absolute Gasteiger partial charge is 0.483 e. The summed E-state index contributed by atoms with van der Waals surface area (Å²) in [5.41, 5.74) is 3.32. The van der Waals surface area contributed by atoms with Gasteiger partial charge in [0.15, 0.2) is 0 Å². The first-order chi connectivity index (χ1) is 13.7. The molecular weight excluding hydrogens is 394 g/mol. The van der Waals surface area contributed by atoms with E-state index in [1.54, 1.807) is 24.3 Å². The third-order valence-corrected chi connectivity index (χ3v) is 4.00. The minimum atomic E-state index is -4.76. The van der Waals surface area contributed by atoms with E-state index >= 15 is 0 Å². The van der Waals surface area contributed by atoms with Crippen molar-refractivity contribution in [1.82, 2.24) is 5.43 Å². The van der Waals surface area contributed by atoms with Crippen LogP contribution in [-0.4, -0.2) is 23.2 Å². The monoisotopic (exact) mass is 411 g/mol. The number of hydrazone groups is 1. The van der Waals surface area contributed by atoms with Gasteiger partial charge in [-0.15, -0.1) is 0 Å². The maximum Gasteiger partial charge on any atom is 0.419 e. The average molecular weight is 411 g/mol. The van der Waals surface area contributed by atoms with Crippen molar-refractivity contribution in [3.05, 3.63) is 59.4 Å². The Kier molecular flexibility index (Phi) is 6.92. The summed E-state index contributed by atoms with van der Waals surface area (Å²) in [6, 6.07) is 9.61. The molecule has 6 nitrogen and oxygen atoms in total. The second kappa shape index (κ2) is 9.18. The summed E-state index contributed by atoms with van der Waals surface area (Å²) < 4.78 is 51.7. The van der Waals surface area contributed by atoms with Crippen LogP contribution in [0.3, 0.4) is 0 Å². The molecule has 2 aromatic carbocycles. The zero-order valence-corrected chi connectivity index (χ0v) is 15.1. The molecule has 1 heterocycles. The number of nitrogens with one attached hydrogen (secondary N) is 2. The summed E-state index contributed by atoms with van der Waals surface area (Å²) in [4.78, 5) is 19.7. The molecule has 154 valence electrons. The van der Waals surface area contributed by atoms with Gasteiger partial charge in [0, 0.05) is 23.7 Å². The van der Waals surface area contributed by atoms with E-state index in [1.807, 2.05) is 6.92 Å². The van der Waals surface area contributed by atoms with Crippen molar-refractivity contribution in [1.29, 1.82) is 0 Å². The Morgan fingerprint density at radius 1 is 1.17 bits per heavy atom. The van der Waals surface area contributed by atoms with Crippen LogP contribution in [0.4, 0.5) is 28.9 Å². The molecule has 0 spiro atoms. The summed E-state index contributed by atoms with van der Waals surface area (Å²) >= 11 is 0. The Hall–Kier alpha value is -3.43. The SMILES string of the molecule is C[C@@H]1CC(=O)NN=C1c1ccc(Nc2ccc(F)c(C(F)(F)F)c2)cc1.O=CO. The maximum atomic E-state index is 13.3.